The molecule has 1 amide bonds. The number of carbonyl (C=O) groups excluding carboxylic acids is 1. The first-order valence-corrected chi connectivity index (χ1v) is 9.39. The standard InChI is InChI=1S/C19H30N4O.2ClH/c1-15(17-5-4-8-20-14-17)11-19(24)22-13-16-6-7-18(21-12-16)23-9-2-3-10-23;;/h6-7,12,15,17,20H,2-5,8-11,13-14H2,1H3,(H,22,24);2*1H. The van der Waals surface area contributed by atoms with Crippen LogP contribution in [0.5, 0.6) is 0 Å². The predicted octanol–water partition coefficient (Wildman–Crippen LogP) is 3.17. The van der Waals surface area contributed by atoms with E-state index in [1.807, 2.05) is 6.20 Å². The Morgan fingerprint density at radius 1 is 1.31 bits per heavy atom. The topological polar surface area (TPSA) is 57.3 Å². The summed E-state index contributed by atoms with van der Waals surface area (Å²) in [4.78, 5) is 19.0. The summed E-state index contributed by atoms with van der Waals surface area (Å²) in [6.07, 6.45) is 7.49. The second-order valence-corrected chi connectivity index (χ2v) is 7.28. The molecule has 0 bridgehead atoms. The Morgan fingerprint density at radius 2 is 2.08 bits per heavy atom. The van der Waals surface area contributed by atoms with Gasteiger partial charge < -0.3 is 15.5 Å². The van der Waals surface area contributed by atoms with Crippen LogP contribution in [-0.4, -0.2) is 37.1 Å². The predicted molar refractivity (Wildman–Crippen MR) is 111 cm³/mol. The first-order valence-electron chi connectivity index (χ1n) is 9.39. The van der Waals surface area contributed by atoms with Gasteiger partial charge in [-0.25, -0.2) is 4.98 Å². The number of piperidine rings is 1. The van der Waals surface area contributed by atoms with Crippen molar-refractivity contribution in [3.8, 4) is 0 Å². The molecule has 2 fully saturated rings. The number of pyridine rings is 1. The fourth-order valence-electron chi connectivity index (χ4n) is 3.75. The molecule has 0 aliphatic carbocycles. The molecular formula is C19H32Cl2N4O. The highest BCUT2D eigenvalue weighted by molar-refractivity contribution is 5.85. The van der Waals surface area contributed by atoms with Crippen molar-refractivity contribution in [3.05, 3.63) is 23.9 Å². The third-order valence-electron chi connectivity index (χ3n) is 5.38. The minimum Gasteiger partial charge on any atom is -0.357 e. The summed E-state index contributed by atoms with van der Waals surface area (Å²) in [5.74, 6) is 2.28. The number of halogens is 2. The molecule has 0 saturated carbocycles. The number of nitrogens with zero attached hydrogens (tertiary/aromatic N) is 2. The largest absolute Gasteiger partial charge is 0.357 e. The number of hydrogen-bond acceptors (Lipinski definition) is 4. The Morgan fingerprint density at radius 3 is 2.69 bits per heavy atom. The van der Waals surface area contributed by atoms with Crippen LogP contribution in [0.4, 0.5) is 5.82 Å². The van der Waals surface area contributed by atoms with Crippen LogP contribution in [0.1, 0.15) is 44.6 Å². The van der Waals surface area contributed by atoms with E-state index in [2.05, 4.69) is 39.6 Å². The Kier molecular flexibility index (Phi) is 10.3. The monoisotopic (exact) mass is 402 g/mol. The van der Waals surface area contributed by atoms with Crippen molar-refractivity contribution in [1.29, 1.82) is 0 Å². The third-order valence-corrected chi connectivity index (χ3v) is 5.38. The van der Waals surface area contributed by atoms with Crippen LogP contribution in [0, 0.1) is 11.8 Å². The zero-order chi connectivity index (χ0) is 16.8. The fraction of sp³-hybridized carbons (Fsp3) is 0.684. The van der Waals surface area contributed by atoms with E-state index < -0.39 is 0 Å². The average molecular weight is 403 g/mol. The maximum absolute atomic E-state index is 12.2. The minimum absolute atomic E-state index is 0. The van der Waals surface area contributed by atoms with Crippen LogP contribution in [0.2, 0.25) is 0 Å². The molecule has 2 aliphatic heterocycles. The molecule has 7 heteroatoms. The first kappa shape index (κ1) is 23.0. The highest BCUT2D eigenvalue weighted by atomic mass is 35.5. The van der Waals surface area contributed by atoms with E-state index in [0.717, 1.165) is 37.6 Å². The lowest BCUT2D eigenvalue weighted by Crippen LogP contribution is -2.35. The van der Waals surface area contributed by atoms with Crippen molar-refractivity contribution in [1.82, 2.24) is 15.6 Å². The van der Waals surface area contributed by atoms with Crippen molar-refractivity contribution in [2.75, 3.05) is 31.1 Å². The summed E-state index contributed by atoms with van der Waals surface area (Å²) < 4.78 is 0. The molecule has 0 aromatic carbocycles. The normalized spacial score (nSPS) is 20.7. The zero-order valence-electron chi connectivity index (χ0n) is 15.6. The van der Waals surface area contributed by atoms with E-state index in [4.69, 9.17) is 0 Å². The zero-order valence-corrected chi connectivity index (χ0v) is 17.2. The maximum atomic E-state index is 12.2. The number of amides is 1. The molecule has 3 heterocycles. The van der Waals surface area contributed by atoms with Gasteiger partial charge >= 0.3 is 0 Å². The van der Waals surface area contributed by atoms with Gasteiger partial charge in [0, 0.05) is 32.3 Å². The summed E-state index contributed by atoms with van der Waals surface area (Å²) in [5, 5.41) is 6.48. The second kappa shape index (κ2) is 11.6. The summed E-state index contributed by atoms with van der Waals surface area (Å²) in [6, 6.07) is 4.15. The molecule has 1 aromatic heterocycles. The van der Waals surface area contributed by atoms with E-state index in [9.17, 15) is 4.79 Å². The van der Waals surface area contributed by atoms with E-state index in [1.165, 1.54) is 25.7 Å². The molecule has 2 atom stereocenters. The van der Waals surface area contributed by atoms with E-state index in [0.29, 0.717) is 24.8 Å². The summed E-state index contributed by atoms with van der Waals surface area (Å²) in [6.45, 7) is 7.16. The van der Waals surface area contributed by atoms with E-state index >= 15 is 0 Å². The minimum atomic E-state index is 0. The maximum Gasteiger partial charge on any atom is 0.220 e. The van der Waals surface area contributed by atoms with Crippen molar-refractivity contribution >= 4 is 36.5 Å². The van der Waals surface area contributed by atoms with Gasteiger partial charge in [-0.05, 0) is 62.2 Å². The molecule has 148 valence electrons. The molecule has 2 unspecified atom stereocenters. The van der Waals surface area contributed by atoms with Crippen molar-refractivity contribution in [2.45, 2.75) is 45.6 Å². The first-order chi connectivity index (χ1) is 11.7. The van der Waals surface area contributed by atoms with Crippen molar-refractivity contribution in [2.24, 2.45) is 11.8 Å². The molecule has 2 aliphatic rings. The molecule has 5 nitrogen and oxygen atoms in total. The fourth-order valence-corrected chi connectivity index (χ4v) is 3.75. The number of rotatable bonds is 6. The smallest absolute Gasteiger partial charge is 0.220 e. The highest BCUT2D eigenvalue weighted by Gasteiger charge is 2.21. The SMILES string of the molecule is CC(CC(=O)NCc1ccc(N2CCCC2)nc1)C1CCCNC1.Cl.Cl. The number of anilines is 1. The number of hydrogen-bond donors (Lipinski definition) is 2. The van der Waals surface area contributed by atoms with Gasteiger partial charge in [0.1, 0.15) is 5.82 Å². The van der Waals surface area contributed by atoms with Crippen LogP contribution < -0.4 is 15.5 Å². The van der Waals surface area contributed by atoms with Crippen LogP contribution in [-0.2, 0) is 11.3 Å². The highest BCUT2D eigenvalue weighted by Crippen LogP contribution is 2.22. The van der Waals surface area contributed by atoms with E-state index in [1.54, 1.807) is 0 Å². The van der Waals surface area contributed by atoms with Crippen LogP contribution in [0.25, 0.3) is 0 Å². The van der Waals surface area contributed by atoms with Gasteiger partial charge in [-0.1, -0.05) is 13.0 Å². The van der Waals surface area contributed by atoms with Gasteiger partial charge in [0.05, 0.1) is 0 Å². The number of carbonyl (C=O) groups is 1. The van der Waals surface area contributed by atoms with Crippen LogP contribution in [0.3, 0.4) is 0 Å². The number of nitrogens with one attached hydrogen (secondary N) is 2. The lowest BCUT2D eigenvalue weighted by Gasteiger charge is -2.28. The average Bonchev–Trinajstić information content (AvgIpc) is 3.16. The Bertz CT molecular complexity index is 529. The van der Waals surface area contributed by atoms with Crippen molar-refractivity contribution in [3.63, 3.8) is 0 Å². The van der Waals surface area contributed by atoms with E-state index in [-0.39, 0.29) is 30.7 Å². The summed E-state index contributed by atoms with van der Waals surface area (Å²) in [7, 11) is 0. The molecular weight excluding hydrogens is 371 g/mol. The summed E-state index contributed by atoms with van der Waals surface area (Å²) in [5.41, 5.74) is 1.07. The Labute approximate surface area is 169 Å². The number of aromatic nitrogens is 1. The third kappa shape index (κ3) is 6.60. The molecule has 26 heavy (non-hydrogen) atoms. The second-order valence-electron chi connectivity index (χ2n) is 7.28. The Hall–Kier alpha value is -1.04. The molecule has 3 rings (SSSR count). The quantitative estimate of drug-likeness (QED) is 0.766. The molecule has 0 spiro atoms. The van der Waals surface area contributed by atoms with Gasteiger partial charge in [0.25, 0.3) is 0 Å². The van der Waals surface area contributed by atoms with Crippen molar-refractivity contribution < 1.29 is 4.79 Å². The lowest BCUT2D eigenvalue weighted by atomic mass is 9.85. The van der Waals surface area contributed by atoms with Gasteiger partial charge in [-0.2, -0.15) is 0 Å². The van der Waals surface area contributed by atoms with Crippen LogP contribution in [0.15, 0.2) is 18.3 Å². The molecule has 0 radical (unpaired) electrons. The molecule has 2 N–H and O–H groups in total. The Balaban J connectivity index is 0.00000169. The van der Waals surface area contributed by atoms with Gasteiger partial charge in [0.2, 0.25) is 5.91 Å². The van der Waals surface area contributed by atoms with Gasteiger partial charge in [-0.15, -0.1) is 24.8 Å². The van der Waals surface area contributed by atoms with Gasteiger partial charge in [0.15, 0.2) is 0 Å². The molecule has 1 aromatic rings. The lowest BCUT2D eigenvalue weighted by molar-refractivity contribution is -0.122. The summed E-state index contributed by atoms with van der Waals surface area (Å²) >= 11 is 0. The molecule has 2 saturated heterocycles. The van der Waals surface area contributed by atoms with Crippen LogP contribution >= 0.6 is 24.8 Å². The van der Waals surface area contributed by atoms with Gasteiger partial charge in [-0.3, -0.25) is 4.79 Å².